The van der Waals surface area contributed by atoms with Gasteiger partial charge in [-0.15, -0.1) is 0 Å². The lowest BCUT2D eigenvalue weighted by molar-refractivity contribution is -0.121. The SMILES string of the molecule is Cc1cccc(C)c1OCCCC(=O)NCCNS(=O)(=O)c1c(C)n[nH]c1C. The zero-order chi connectivity index (χ0) is 20.7. The van der Waals surface area contributed by atoms with E-state index in [-0.39, 0.29) is 23.9 Å². The van der Waals surface area contributed by atoms with Gasteiger partial charge in [-0.25, -0.2) is 13.1 Å². The Morgan fingerprint density at radius 3 is 2.43 bits per heavy atom. The molecule has 0 unspecified atom stereocenters. The number of ether oxygens (including phenoxy) is 1. The van der Waals surface area contributed by atoms with Crippen molar-refractivity contribution < 1.29 is 17.9 Å². The van der Waals surface area contributed by atoms with Gasteiger partial charge in [-0.3, -0.25) is 9.89 Å². The van der Waals surface area contributed by atoms with Gasteiger partial charge in [0.05, 0.1) is 18.0 Å². The second-order valence-electron chi connectivity index (χ2n) is 6.68. The number of aryl methyl sites for hydroxylation is 4. The molecular weight excluding hydrogens is 380 g/mol. The largest absolute Gasteiger partial charge is 0.493 e. The Morgan fingerprint density at radius 1 is 1.14 bits per heavy atom. The average molecular weight is 409 g/mol. The molecule has 0 aliphatic heterocycles. The number of amides is 1. The summed E-state index contributed by atoms with van der Waals surface area (Å²) in [6, 6.07) is 5.96. The number of carbonyl (C=O) groups excluding carboxylic acids is 1. The average Bonchev–Trinajstić information content (AvgIpc) is 2.97. The maximum atomic E-state index is 12.3. The molecule has 2 aromatic rings. The number of para-hydroxylation sites is 1. The summed E-state index contributed by atoms with van der Waals surface area (Å²) in [4.78, 5) is 12.0. The number of nitrogens with one attached hydrogen (secondary N) is 3. The molecule has 8 nitrogen and oxygen atoms in total. The Balaban J connectivity index is 1.66. The molecule has 2 rings (SSSR count). The van der Waals surface area contributed by atoms with E-state index in [0.29, 0.717) is 30.8 Å². The highest BCUT2D eigenvalue weighted by molar-refractivity contribution is 7.89. The molecule has 1 aromatic heterocycles. The van der Waals surface area contributed by atoms with Gasteiger partial charge in [-0.05, 0) is 45.2 Å². The molecule has 0 spiro atoms. The molecule has 9 heteroatoms. The normalized spacial score (nSPS) is 11.4. The Labute approximate surface area is 166 Å². The highest BCUT2D eigenvalue weighted by atomic mass is 32.2. The Bertz CT molecular complexity index is 882. The maximum absolute atomic E-state index is 12.3. The van der Waals surface area contributed by atoms with Crippen LogP contribution < -0.4 is 14.8 Å². The lowest BCUT2D eigenvalue weighted by Gasteiger charge is -2.12. The molecule has 0 fully saturated rings. The molecule has 154 valence electrons. The van der Waals surface area contributed by atoms with Crippen molar-refractivity contribution in [3.05, 3.63) is 40.7 Å². The van der Waals surface area contributed by atoms with Gasteiger partial charge in [-0.1, -0.05) is 18.2 Å². The second-order valence-corrected chi connectivity index (χ2v) is 8.39. The second kappa shape index (κ2) is 9.70. The fourth-order valence-corrected chi connectivity index (χ4v) is 4.32. The van der Waals surface area contributed by atoms with Crippen LogP contribution in [-0.4, -0.2) is 44.2 Å². The van der Waals surface area contributed by atoms with Crippen LogP contribution in [0.1, 0.15) is 35.4 Å². The fourth-order valence-electron chi connectivity index (χ4n) is 2.92. The molecule has 0 radical (unpaired) electrons. The van der Waals surface area contributed by atoms with Crippen LogP contribution >= 0.6 is 0 Å². The number of hydrogen-bond acceptors (Lipinski definition) is 5. The minimum Gasteiger partial charge on any atom is -0.493 e. The van der Waals surface area contributed by atoms with Crippen LogP contribution in [0.5, 0.6) is 5.75 Å². The number of hydrogen-bond donors (Lipinski definition) is 3. The standard InChI is InChI=1S/C19H28N4O4S/c1-13-7-5-8-14(2)18(13)27-12-6-9-17(24)20-10-11-21-28(25,26)19-15(3)22-23-16(19)4/h5,7-8,21H,6,9-12H2,1-4H3,(H,20,24)(H,22,23). The first-order valence-electron chi connectivity index (χ1n) is 9.19. The number of aromatic amines is 1. The molecule has 1 aromatic carbocycles. The third-order valence-electron chi connectivity index (χ3n) is 4.27. The third-order valence-corrected chi connectivity index (χ3v) is 6.00. The first kappa shape index (κ1) is 21.9. The zero-order valence-corrected chi connectivity index (χ0v) is 17.6. The predicted octanol–water partition coefficient (Wildman–Crippen LogP) is 1.90. The van der Waals surface area contributed by atoms with Crippen LogP contribution in [0, 0.1) is 27.7 Å². The van der Waals surface area contributed by atoms with Gasteiger partial charge in [0.25, 0.3) is 0 Å². The number of rotatable bonds is 10. The molecular formula is C19H28N4O4S. The topological polar surface area (TPSA) is 113 Å². The van der Waals surface area contributed by atoms with Crippen LogP contribution in [0.2, 0.25) is 0 Å². The molecule has 3 N–H and O–H groups in total. The van der Waals surface area contributed by atoms with Crippen molar-refractivity contribution in [3.8, 4) is 5.75 Å². The number of nitrogens with zero attached hydrogens (tertiary/aromatic N) is 1. The Kier molecular flexibility index (Phi) is 7.59. The van der Waals surface area contributed by atoms with Gasteiger partial charge in [0.1, 0.15) is 10.6 Å². The van der Waals surface area contributed by atoms with Crippen molar-refractivity contribution in [2.75, 3.05) is 19.7 Å². The molecule has 0 bridgehead atoms. The summed E-state index contributed by atoms with van der Waals surface area (Å²) in [6.45, 7) is 8.02. The molecule has 1 amide bonds. The van der Waals surface area contributed by atoms with Gasteiger partial charge in [0, 0.05) is 19.5 Å². The van der Waals surface area contributed by atoms with Crippen LogP contribution in [0.4, 0.5) is 0 Å². The third kappa shape index (κ3) is 5.80. The van der Waals surface area contributed by atoms with E-state index in [0.717, 1.165) is 16.9 Å². The first-order chi connectivity index (χ1) is 13.2. The van der Waals surface area contributed by atoms with Gasteiger partial charge in [0.2, 0.25) is 15.9 Å². The van der Waals surface area contributed by atoms with Crippen molar-refractivity contribution in [3.63, 3.8) is 0 Å². The van der Waals surface area contributed by atoms with Crippen molar-refractivity contribution in [1.29, 1.82) is 0 Å². The van der Waals surface area contributed by atoms with Gasteiger partial charge in [0.15, 0.2) is 0 Å². The number of benzene rings is 1. The minimum absolute atomic E-state index is 0.108. The summed E-state index contributed by atoms with van der Waals surface area (Å²) in [7, 11) is -3.65. The number of H-pyrrole nitrogens is 1. The Hall–Kier alpha value is -2.39. The first-order valence-corrected chi connectivity index (χ1v) is 10.7. The van der Waals surface area contributed by atoms with Crippen molar-refractivity contribution in [2.24, 2.45) is 0 Å². The molecule has 1 heterocycles. The quantitative estimate of drug-likeness (QED) is 0.520. The lowest BCUT2D eigenvalue weighted by Crippen LogP contribution is -2.35. The summed E-state index contributed by atoms with van der Waals surface area (Å²) in [5, 5.41) is 9.24. The Morgan fingerprint density at radius 2 is 1.82 bits per heavy atom. The van der Waals surface area contributed by atoms with Crippen molar-refractivity contribution in [1.82, 2.24) is 20.2 Å². The van der Waals surface area contributed by atoms with Crippen molar-refractivity contribution >= 4 is 15.9 Å². The van der Waals surface area contributed by atoms with Crippen LogP contribution in [-0.2, 0) is 14.8 Å². The zero-order valence-electron chi connectivity index (χ0n) is 16.8. The molecule has 0 aliphatic rings. The van der Waals surface area contributed by atoms with Crippen LogP contribution in [0.15, 0.2) is 23.1 Å². The predicted molar refractivity (Wildman–Crippen MR) is 107 cm³/mol. The number of sulfonamides is 1. The smallest absolute Gasteiger partial charge is 0.244 e. The summed E-state index contributed by atoms with van der Waals surface area (Å²) in [5.41, 5.74) is 3.04. The molecule has 28 heavy (non-hydrogen) atoms. The lowest BCUT2D eigenvalue weighted by atomic mass is 10.1. The van der Waals surface area contributed by atoms with E-state index < -0.39 is 10.0 Å². The van der Waals surface area contributed by atoms with Crippen LogP contribution in [0.3, 0.4) is 0 Å². The van der Waals surface area contributed by atoms with E-state index in [1.54, 1.807) is 13.8 Å². The summed E-state index contributed by atoms with van der Waals surface area (Å²) >= 11 is 0. The number of aromatic nitrogens is 2. The minimum atomic E-state index is -3.65. The van der Waals surface area contributed by atoms with Gasteiger partial charge >= 0.3 is 0 Å². The van der Waals surface area contributed by atoms with Gasteiger partial charge in [-0.2, -0.15) is 5.10 Å². The van der Waals surface area contributed by atoms with E-state index in [2.05, 4.69) is 20.2 Å². The summed E-state index contributed by atoms with van der Waals surface area (Å²) in [5.74, 6) is 0.724. The van der Waals surface area contributed by atoms with E-state index in [1.807, 2.05) is 32.0 Å². The molecule has 0 saturated heterocycles. The highest BCUT2D eigenvalue weighted by Crippen LogP contribution is 2.22. The monoisotopic (exact) mass is 408 g/mol. The summed E-state index contributed by atoms with van der Waals surface area (Å²) < 4.78 is 32.8. The molecule has 0 saturated carbocycles. The van der Waals surface area contributed by atoms with Crippen LogP contribution in [0.25, 0.3) is 0 Å². The van der Waals surface area contributed by atoms with E-state index in [4.69, 9.17) is 4.74 Å². The summed E-state index contributed by atoms with van der Waals surface area (Å²) in [6.07, 6.45) is 0.899. The highest BCUT2D eigenvalue weighted by Gasteiger charge is 2.21. The van der Waals surface area contributed by atoms with Gasteiger partial charge < -0.3 is 10.1 Å². The fraction of sp³-hybridized carbons (Fsp3) is 0.474. The van der Waals surface area contributed by atoms with E-state index in [9.17, 15) is 13.2 Å². The van der Waals surface area contributed by atoms with E-state index >= 15 is 0 Å². The molecule has 0 atom stereocenters. The number of carbonyl (C=O) groups is 1. The maximum Gasteiger partial charge on any atom is 0.244 e. The van der Waals surface area contributed by atoms with E-state index in [1.165, 1.54) is 0 Å². The molecule has 0 aliphatic carbocycles. The van der Waals surface area contributed by atoms with Crippen molar-refractivity contribution in [2.45, 2.75) is 45.4 Å².